The second-order valence-corrected chi connectivity index (χ2v) is 9.69. The molecule has 0 spiro atoms. The molecule has 1 amide bonds. The molecule has 8 heteroatoms. The summed E-state index contributed by atoms with van der Waals surface area (Å²) in [6.45, 7) is 2.09. The lowest BCUT2D eigenvalue weighted by molar-refractivity contribution is -0.117. The fourth-order valence-electron chi connectivity index (χ4n) is 2.65. The summed E-state index contributed by atoms with van der Waals surface area (Å²) in [5.41, 5.74) is 2.41. The summed E-state index contributed by atoms with van der Waals surface area (Å²) in [7, 11) is 0. The van der Waals surface area contributed by atoms with Crippen molar-refractivity contribution in [1.82, 2.24) is 10.2 Å². The van der Waals surface area contributed by atoms with Gasteiger partial charge in [0.2, 0.25) is 5.91 Å². The van der Waals surface area contributed by atoms with Gasteiger partial charge in [0.05, 0.1) is 5.02 Å². The van der Waals surface area contributed by atoms with Gasteiger partial charge in [-0.05, 0) is 43.7 Å². The maximum atomic E-state index is 12.4. The Balaban J connectivity index is 1.39. The van der Waals surface area contributed by atoms with Gasteiger partial charge in [-0.2, -0.15) is 0 Å². The number of thiophene rings is 1. The number of aromatic nitrogens is 2. The van der Waals surface area contributed by atoms with Gasteiger partial charge in [0, 0.05) is 32.2 Å². The SMILES string of the molecule is Cc1ccc(C2CC2C(=O)Nc2ccc(Sc3nncs3)c(Cl)c2)s1. The molecule has 0 bridgehead atoms. The van der Waals surface area contributed by atoms with Crippen molar-refractivity contribution < 1.29 is 4.79 Å². The Morgan fingerprint density at radius 2 is 2.24 bits per heavy atom. The number of halogens is 1. The number of nitrogens with zero attached hydrogens (tertiary/aromatic N) is 2. The van der Waals surface area contributed by atoms with Crippen molar-refractivity contribution in [2.75, 3.05) is 5.32 Å². The van der Waals surface area contributed by atoms with Crippen LogP contribution < -0.4 is 5.32 Å². The van der Waals surface area contributed by atoms with E-state index in [1.54, 1.807) is 22.9 Å². The van der Waals surface area contributed by atoms with Crippen molar-refractivity contribution in [2.45, 2.75) is 28.5 Å². The minimum atomic E-state index is 0.0623. The third-order valence-corrected chi connectivity index (χ3v) is 7.40. The average Bonchev–Trinajstić information content (AvgIpc) is 2.99. The lowest BCUT2D eigenvalue weighted by Gasteiger charge is -2.07. The van der Waals surface area contributed by atoms with Crippen molar-refractivity contribution in [1.29, 1.82) is 0 Å². The molecule has 4 nitrogen and oxygen atoms in total. The van der Waals surface area contributed by atoms with Crippen LogP contribution in [0.15, 0.2) is 45.1 Å². The van der Waals surface area contributed by atoms with Gasteiger partial charge >= 0.3 is 0 Å². The number of nitrogens with one attached hydrogen (secondary N) is 1. The standard InChI is InChI=1S/C17H14ClN3OS3/c1-9-2-4-14(24-9)11-7-12(11)16(22)20-10-3-5-15(13(18)6-10)25-17-21-19-8-23-17/h2-6,8,11-12H,7H2,1H3,(H,20,22). The minimum absolute atomic E-state index is 0.0623. The lowest BCUT2D eigenvalue weighted by Crippen LogP contribution is -2.14. The molecular formula is C17H14ClN3OS3. The number of hydrogen-bond donors (Lipinski definition) is 1. The Morgan fingerprint density at radius 3 is 2.92 bits per heavy atom. The smallest absolute Gasteiger partial charge is 0.228 e. The molecule has 1 aliphatic rings. The molecule has 0 radical (unpaired) electrons. The molecule has 25 heavy (non-hydrogen) atoms. The van der Waals surface area contributed by atoms with Crippen LogP contribution in [0.25, 0.3) is 0 Å². The molecule has 2 atom stereocenters. The van der Waals surface area contributed by atoms with Gasteiger partial charge in [-0.15, -0.1) is 21.5 Å². The molecule has 4 rings (SSSR count). The molecule has 2 aromatic heterocycles. The van der Waals surface area contributed by atoms with Gasteiger partial charge in [0.15, 0.2) is 4.34 Å². The Hall–Kier alpha value is -1.41. The van der Waals surface area contributed by atoms with Gasteiger partial charge in [0.25, 0.3) is 0 Å². The summed E-state index contributed by atoms with van der Waals surface area (Å²) in [5.74, 6) is 0.491. The van der Waals surface area contributed by atoms with Crippen molar-refractivity contribution in [3.8, 4) is 0 Å². The molecule has 1 aliphatic carbocycles. The Labute approximate surface area is 162 Å². The lowest BCUT2D eigenvalue weighted by atomic mass is 10.2. The second kappa shape index (κ2) is 7.07. The van der Waals surface area contributed by atoms with E-state index in [-0.39, 0.29) is 11.8 Å². The number of hydrogen-bond acceptors (Lipinski definition) is 6. The Morgan fingerprint density at radius 1 is 1.36 bits per heavy atom. The van der Waals surface area contributed by atoms with Crippen LogP contribution in [-0.2, 0) is 4.79 Å². The normalized spacial score (nSPS) is 19.0. The maximum Gasteiger partial charge on any atom is 0.228 e. The highest BCUT2D eigenvalue weighted by atomic mass is 35.5. The van der Waals surface area contributed by atoms with Gasteiger partial charge in [-0.3, -0.25) is 4.79 Å². The number of carbonyl (C=O) groups is 1. The number of rotatable bonds is 5. The van der Waals surface area contributed by atoms with Crippen molar-refractivity contribution in [3.63, 3.8) is 0 Å². The Kier molecular flexibility index (Phi) is 4.82. The minimum Gasteiger partial charge on any atom is -0.326 e. The number of carbonyl (C=O) groups excluding carboxylic acids is 1. The summed E-state index contributed by atoms with van der Waals surface area (Å²) in [6, 6.07) is 9.81. The van der Waals surface area contributed by atoms with Crippen LogP contribution in [0.5, 0.6) is 0 Å². The molecule has 2 heterocycles. The first-order valence-electron chi connectivity index (χ1n) is 7.71. The van der Waals surface area contributed by atoms with E-state index < -0.39 is 0 Å². The van der Waals surface area contributed by atoms with Crippen molar-refractivity contribution >= 4 is 57.6 Å². The van der Waals surface area contributed by atoms with Gasteiger partial charge in [-0.25, -0.2) is 0 Å². The summed E-state index contributed by atoms with van der Waals surface area (Å²) >= 11 is 11.1. The predicted molar refractivity (Wildman–Crippen MR) is 104 cm³/mol. The molecule has 3 aromatic rings. The molecule has 128 valence electrons. The van der Waals surface area contributed by atoms with E-state index in [4.69, 9.17) is 11.6 Å². The molecule has 2 unspecified atom stereocenters. The van der Waals surface area contributed by atoms with Crippen molar-refractivity contribution in [3.05, 3.63) is 50.6 Å². The van der Waals surface area contributed by atoms with Crippen LogP contribution in [0.1, 0.15) is 22.1 Å². The van der Waals surface area contributed by atoms with Gasteiger partial charge < -0.3 is 5.32 Å². The summed E-state index contributed by atoms with van der Waals surface area (Å²) in [4.78, 5) is 15.9. The number of aryl methyl sites for hydroxylation is 1. The number of benzene rings is 1. The monoisotopic (exact) mass is 407 g/mol. The van der Waals surface area contributed by atoms with Crippen LogP contribution in [-0.4, -0.2) is 16.1 Å². The van der Waals surface area contributed by atoms with E-state index in [2.05, 4.69) is 34.6 Å². The second-order valence-electron chi connectivity index (χ2n) is 5.84. The summed E-state index contributed by atoms with van der Waals surface area (Å²) in [5, 5.41) is 11.4. The summed E-state index contributed by atoms with van der Waals surface area (Å²) < 4.78 is 0.839. The maximum absolute atomic E-state index is 12.4. The third kappa shape index (κ3) is 3.89. The fraction of sp³-hybridized carbons (Fsp3) is 0.235. The highest BCUT2D eigenvalue weighted by molar-refractivity contribution is 8.01. The zero-order chi connectivity index (χ0) is 17.4. The van der Waals surface area contributed by atoms with E-state index in [9.17, 15) is 4.79 Å². The molecule has 1 N–H and O–H groups in total. The van der Waals surface area contributed by atoms with Crippen LogP contribution >= 0.6 is 46.0 Å². The fourth-order valence-corrected chi connectivity index (χ4v) is 5.44. The predicted octanol–water partition coefficient (Wildman–Crippen LogP) is 5.45. The summed E-state index contributed by atoms with van der Waals surface area (Å²) in [6.07, 6.45) is 0.921. The topological polar surface area (TPSA) is 54.9 Å². The average molecular weight is 408 g/mol. The van der Waals surface area contributed by atoms with Gasteiger partial charge in [-0.1, -0.05) is 34.7 Å². The zero-order valence-electron chi connectivity index (χ0n) is 13.2. The zero-order valence-corrected chi connectivity index (χ0v) is 16.4. The van der Waals surface area contributed by atoms with Crippen LogP contribution in [0.4, 0.5) is 5.69 Å². The van der Waals surface area contributed by atoms with E-state index >= 15 is 0 Å². The largest absolute Gasteiger partial charge is 0.326 e. The first kappa shape index (κ1) is 17.0. The van der Waals surface area contributed by atoms with E-state index in [0.717, 1.165) is 21.3 Å². The van der Waals surface area contributed by atoms with Crippen LogP contribution in [0.3, 0.4) is 0 Å². The number of anilines is 1. The quantitative estimate of drug-likeness (QED) is 0.610. The molecule has 1 aromatic carbocycles. The molecule has 0 aliphatic heterocycles. The third-order valence-electron chi connectivity index (χ3n) is 3.99. The molecule has 0 saturated heterocycles. The molecule has 1 saturated carbocycles. The van der Waals surface area contributed by atoms with Crippen molar-refractivity contribution in [2.24, 2.45) is 5.92 Å². The van der Waals surface area contributed by atoms with E-state index in [1.807, 2.05) is 12.1 Å². The molecule has 1 fully saturated rings. The van der Waals surface area contributed by atoms with Gasteiger partial charge in [0.1, 0.15) is 5.51 Å². The highest BCUT2D eigenvalue weighted by Crippen LogP contribution is 2.50. The highest BCUT2D eigenvalue weighted by Gasteiger charge is 2.44. The first-order valence-corrected chi connectivity index (χ1v) is 10.6. The molecular weight excluding hydrogens is 394 g/mol. The van der Waals surface area contributed by atoms with E-state index in [0.29, 0.717) is 10.9 Å². The van der Waals surface area contributed by atoms with E-state index in [1.165, 1.54) is 32.9 Å². The Bertz CT molecular complexity index is 910. The van der Waals surface area contributed by atoms with Crippen LogP contribution in [0, 0.1) is 12.8 Å². The van der Waals surface area contributed by atoms with Crippen LogP contribution in [0.2, 0.25) is 5.02 Å². The number of amides is 1. The first-order chi connectivity index (χ1) is 12.1.